The third kappa shape index (κ3) is 3.73. The third-order valence-corrected chi connectivity index (χ3v) is 4.28. The molecule has 0 unspecified atom stereocenters. The van der Waals surface area contributed by atoms with Crippen LogP contribution < -0.4 is 15.1 Å². The Labute approximate surface area is 142 Å². The Bertz CT molecular complexity index is 660. The summed E-state index contributed by atoms with van der Waals surface area (Å²) < 4.78 is 0. The maximum absolute atomic E-state index is 9.47. The highest BCUT2D eigenvalue weighted by Gasteiger charge is 2.25. The van der Waals surface area contributed by atoms with Crippen molar-refractivity contribution in [1.82, 2.24) is 15.0 Å². The Hall–Kier alpha value is -2.41. The van der Waals surface area contributed by atoms with E-state index in [0.29, 0.717) is 6.54 Å². The number of pyridine rings is 1. The van der Waals surface area contributed by atoms with E-state index in [4.69, 9.17) is 0 Å². The van der Waals surface area contributed by atoms with Crippen LogP contribution in [0, 0.1) is 0 Å². The molecule has 0 aromatic carbocycles. The highest BCUT2D eigenvalue weighted by molar-refractivity contribution is 5.50. The van der Waals surface area contributed by atoms with Crippen LogP contribution in [0.4, 0.5) is 17.5 Å². The monoisotopic (exact) mass is 328 g/mol. The topological polar surface area (TPSA) is 77.4 Å². The number of nitrogens with one attached hydrogen (secondary N) is 1. The number of hydrogen-bond donors (Lipinski definition) is 2. The van der Waals surface area contributed by atoms with Gasteiger partial charge >= 0.3 is 0 Å². The second-order valence-electron chi connectivity index (χ2n) is 6.21. The first kappa shape index (κ1) is 16.4. The van der Waals surface area contributed by atoms with Crippen molar-refractivity contribution in [2.45, 2.75) is 25.4 Å². The Morgan fingerprint density at radius 2 is 2.17 bits per heavy atom. The zero-order valence-corrected chi connectivity index (χ0v) is 14.2. The van der Waals surface area contributed by atoms with Crippen molar-refractivity contribution in [2.24, 2.45) is 0 Å². The molecule has 1 fully saturated rings. The van der Waals surface area contributed by atoms with E-state index in [1.54, 1.807) is 6.33 Å². The van der Waals surface area contributed by atoms with E-state index >= 15 is 0 Å². The molecular formula is C17H24N6O. The zero-order chi connectivity index (χ0) is 16.9. The van der Waals surface area contributed by atoms with Crippen molar-refractivity contribution in [3.63, 3.8) is 0 Å². The Morgan fingerprint density at radius 1 is 1.29 bits per heavy atom. The summed E-state index contributed by atoms with van der Waals surface area (Å²) in [6.07, 6.45) is 5.53. The summed E-state index contributed by atoms with van der Waals surface area (Å²) in [6.45, 7) is 1.74. The van der Waals surface area contributed by atoms with E-state index in [1.165, 1.54) is 0 Å². The van der Waals surface area contributed by atoms with Gasteiger partial charge in [0.2, 0.25) is 0 Å². The van der Waals surface area contributed by atoms with Crippen molar-refractivity contribution in [1.29, 1.82) is 0 Å². The molecule has 3 rings (SSSR count). The summed E-state index contributed by atoms with van der Waals surface area (Å²) in [5.74, 6) is 2.58. The lowest BCUT2D eigenvalue weighted by Crippen LogP contribution is -2.32. The minimum atomic E-state index is 0.163. The minimum absolute atomic E-state index is 0.163. The largest absolute Gasteiger partial charge is 0.394 e. The standard InChI is InChI=1S/C17H24N6O/c1-22(2)16-6-5-13(10-19-16)9-18-15-8-17(21-12-20-15)23-7-3-4-14(23)11-24/h5-6,8,10,12,14,24H,3-4,7,9,11H2,1-2H3,(H,18,20,21)/t14-/m0/s1. The van der Waals surface area contributed by atoms with Crippen LogP contribution in [0.3, 0.4) is 0 Å². The van der Waals surface area contributed by atoms with Crippen LogP contribution in [0.15, 0.2) is 30.7 Å². The molecule has 3 heterocycles. The summed E-state index contributed by atoms with van der Waals surface area (Å²) in [4.78, 5) is 17.2. The predicted octanol–water partition coefficient (Wildman–Crippen LogP) is 1.51. The van der Waals surface area contributed by atoms with Gasteiger partial charge in [0.25, 0.3) is 0 Å². The molecular weight excluding hydrogens is 304 g/mol. The van der Waals surface area contributed by atoms with Crippen LogP contribution in [0.25, 0.3) is 0 Å². The summed E-state index contributed by atoms with van der Waals surface area (Å²) in [5, 5.41) is 12.8. The van der Waals surface area contributed by atoms with Gasteiger partial charge in [-0.1, -0.05) is 6.07 Å². The lowest BCUT2D eigenvalue weighted by atomic mass is 10.2. The molecule has 24 heavy (non-hydrogen) atoms. The van der Waals surface area contributed by atoms with Crippen molar-refractivity contribution < 1.29 is 5.11 Å². The predicted molar refractivity (Wildman–Crippen MR) is 95.4 cm³/mol. The van der Waals surface area contributed by atoms with Gasteiger partial charge in [0.15, 0.2) is 0 Å². The number of rotatable bonds is 6. The van der Waals surface area contributed by atoms with Crippen LogP contribution >= 0.6 is 0 Å². The molecule has 1 aliphatic heterocycles. The fourth-order valence-corrected chi connectivity index (χ4v) is 2.91. The molecule has 1 saturated heterocycles. The average Bonchev–Trinajstić information content (AvgIpc) is 3.09. The Balaban J connectivity index is 1.64. The van der Waals surface area contributed by atoms with Crippen molar-refractivity contribution in [3.8, 4) is 0 Å². The van der Waals surface area contributed by atoms with E-state index < -0.39 is 0 Å². The fourth-order valence-electron chi connectivity index (χ4n) is 2.91. The van der Waals surface area contributed by atoms with Gasteiger partial charge in [0.05, 0.1) is 12.6 Å². The second kappa shape index (κ2) is 7.44. The van der Waals surface area contributed by atoms with Gasteiger partial charge in [-0.15, -0.1) is 0 Å². The van der Waals surface area contributed by atoms with Crippen molar-refractivity contribution in [3.05, 3.63) is 36.3 Å². The van der Waals surface area contributed by atoms with Gasteiger partial charge in [0, 0.05) is 39.4 Å². The van der Waals surface area contributed by atoms with Crippen LogP contribution in [0.5, 0.6) is 0 Å². The van der Waals surface area contributed by atoms with Gasteiger partial charge in [-0.05, 0) is 24.5 Å². The minimum Gasteiger partial charge on any atom is -0.394 e. The summed E-state index contributed by atoms with van der Waals surface area (Å²) in [7, 11) is 3.95. The third-order valence-electron chi connectivity index (χ3n) is 4.28. The van der Waals surface area contributed by atoms with Gasteiger partial charge in [-0.25, -0.2) is 15.0 Å². The number of anilines is 3. The van der Waals surface area contributed by atoms with Gasteiger partial charge < -0.3 is 20.2 Å². The van der Waals surface area contributed by atoms with E-state index in [-0.39, 0.29) is 12.6 Å². The van der Waals surface area contributed by atoms with Crippen LogP contribution in [0.2, 0.25) is 0 Å². The van der Waals surface area contributed by atoms with E-state index in [0.717, 1.165) is 42.4 Å². The number of aromatic nitrogens is 3. The SMILES string of the molecule is CN(C)c1ccc(CNc2cc(N3CCC[C@H]3CO)ncn2)cn1. The first-order valence-corrected chi connectivity index (χ1v) is 8.23. The molecule has 0 aliphatic carbocycles. The molecule has 0 bridgehead atoms. The molecule has 0 radical (unpaired) electrons. The van der Waals surface area contributed by atoms with Crippen molar-refractivity contribution in [2.75, 3.05) is 42.4 Å². The number of aliphatic hydroxyl groups excluding tert-OH is 1. The van der Waals surface area contributed by atoms with E-state index in [1.807, 2.05) is 37.3 Å². The second-order valence-corrected chi connectivity index (χ2v) is 6.21. The summed E-state index contributed by atoms with van der Waals surface area (Å²) >= 11 is 0. The molecule has 1 aliphatic rings. The van der Waals surface area contributed by atoms with E-state index in [2.05, 4.69) is 31.2 Å². The first-order chi connectivity index (χ1) is 11.7. The Kier molecular flexibility index (Phi) is 5.10. The van der Waals surface area contributed by atoms with Crippen LogP contribution in [0.1, 0.15) is 18.4 Å². The molecule has 2 aromatic heterocycles. The van der Waals surface area contributed by atoms with E-state index in [9.17, 15) is 5.11 Å². The molecule has 2 N–H and O–H groups in total. The average molecular weight is 328 g/mol. The fraction of sp³-hybridized carbons (Fsp3) is 0.471. The van der Waals surface area contributed by atoms with Gasteiger partial charge in [-0.3, -0.25) is 0 Å². The number of nitrogens with zero attached hydrogens (tertiary/aromatic N) is 5. The first-order valence-electron chi connectivity index (χ1n) is 8.23. The smallest absolute Gasteiger partial charge is 0.134 e. The maximum Gasteiger partial charge on any atom is 0.134 e. The lowest BCUT2D eigenvalue weighted by Gasteiger charge is -2.24. The molecule has 0 saturated carbocycles. The van der Waals surface area contributed by atoms with Crippen LogP contribution in [-0.2, 0) is 6.54 Å². The van der Waals surface area contributed by atoms with Gasteiger partial charge in [-0.2, -0.15) is 0 Å². The highest BCUT2D eigenvalue weighted by Crippen LogP contribution is 2.24. The normalized spacial score (nSPS) is 17.1. The summed E-state index contributed by atoms with van der Waals surface area (Å²) in [6, 6.07) is 6.16. The molecule has 2 aromatic rings. The number of hydrogen-bond acceptors (Lipinski definition) is 7. The number of aliphatic hydroxyl groups is 1. The highest BCUT2D eigenvalue weighted by atomic mass is 16.3. The maximum atomic E-state index is 9.47. The van der Waals surface area contributed by atoms with Crippen LogP contribution in [-0.4, -0.2) is 53.3 Å². The van der Waals surface area contributed by atoms with Gasteiger partial charge in [0.1, 0.15) is 23.8 Å². The molecule has 0 amide bonds. The zero-order valence-electron chi connectivity index (χ0n) is 14.2. The Morgan fingerprint density at radius 3 is 2.88 bits per heavy atom. The molecule has 7 nitrogen and oxygen atoms in total. The molecule has 7 heteroatoms. The lowest BCUT2D eigenvalue weighted by molar-refractivity contribution is 0.266. The molecule has 128 valence electrons. The molecule has 0 spiro atoms. The summed E-state index contributed by atoms with van der Waals surface area (Å²) in [5.41, 5.74) is 1.09. The molecule has 1 atom stereocenters. The quantitative estimate of drug-likeness (QED) is 0.832. The van der Waals surface area contributed by atoms with Crippen molar-refractivity contribution >= 4 is 17.5 Å².